The van der Waals surface area contributed by atoms with Crippen molar-refractivity contribution in [2.75, 3.05) is 18.5 Å². The van der Waals surface area contributed by atoms with Crippen molar-refractivity contribution in [3.8, 4) is 0 Å². The third kappa shape index (κ3) is 4.70. The maximum Gasteiger partial charge on any atom is 0.208 e. The van der Waals surface area contributed by atoms with E-state index in [9.17, 15) is 8.42 Å². The number of nitrogens with zero attached hydrogens (tertiary/aromatic N) is 3. The predicted octanol–water partition coefficient (Wildman–Crippen LogP) is 3.46. The molecule has 0 aliphatic rings. The van der Waals surface area contributed by atoms with Gasteiger partial charge in [0.1, 0.15) is 11.3 Å². The van der Waals surface area contributed by atoms with Gasteiger partial charge in [-0.1, -0.05) is 25.5 Å². The molecule has 0 spiro atoms. The van der Waals surface area contributed by atoms with E-state index in [1.165, 1.54) is 11.8 Å². The average Bonchev–Trinajstić information content (AvgIpc) is 3.02. The summed E-state index contributed by atoms with van der Waals surface area (Å²) in [6.45, 7) is 7.54. The fourth-order valence-electron chi connectivity index (χ4n) is 3.68. The van der Waals surface area contributed by atoms with Crippen molar-refractivity contribution in [2.24, 2.45) is 0 Å². The number of pyridine rings is 1. The lowest BCUT2D eigenvalue weighted by Crippen LogP contribution is -2.23. The first-order valence-corrected chi connectivity index (χ1v) is 12.1. The summed E-state index contributed by atoms with van der Waals surface area (Å²) in [5.41, 5.74) is 11.4. The normalized spacial score (nSPS) is 12.3. The summed E-state index contributed by atoms with van der Waals surface area (Å²) in [6, 6.07) is 4.23. The molecule has 0 unspecified atom stereocenters. The van der Waals surface area contributed by atoms with Gasteiger partial charge in [0.05, 0.1) is 17.3 Å². The Morgan fingerprint density at radius 2 is 1.86 bits per heavy atom. The molecule has 0 bridgehead atoms. The summed E-state index contributed by atoms with van der Waals surface area (Å²) in [7, 11) is -3.15. The van der Waals surface area contributed by atoms with Crippen LogP contribution in [0.2, 0.25) is 0 Å². The van der Waals surface area contributed by atoms with Crippen LogP contribution in [-0.2, 0) is 23.0 Å². The van der Waals surface area contributed by atoms with Crippen LogP contribution in [0.15, 0.2) is 12.1 Å². The van der Waals surface area contributed by atoms with Crippen LogP contribution in [0, 0.1) is 13.8 Å². The molecule has 7 nitrogen and oxygen atoms in total. The highest BCUT2D eigenvalue weighted by Gasteiger charge is 2.18. The van der Waals surface area contributed by atoms with E-state index in [1.54, 1.807) is 0 Å². The van der Waals surface area contributed by atoms with Crippen LogP contribution >= 0.6 is 0 Å². The topological polar surface area (TPSA) is 103 Å². The maximum atomic E-state index is 11.3. The number of unbranched alkanes of at least 4 members (excludes halogenated alkanes) is 2. The first kappa shape index (κ1) is 21.5. The minimum atomic E-state index is -3.15. The average molecular weight is 418 g/mol. The second-order valence-corrected chi connectivity index (χ2v) is 9.59. The van der Waals surface area contributed by atoms with E-state index in [0.717, 1.165) is 72.0 Å². The molecule has 0 aliphatic heterocycles. The molecule has 0 atom stereocenters. The first-order valence-electron chi connectivity index (χ1n) is 10.2. The Labute approximate surface area is 172 Å². The summed E-state index contributed by atoms with van der Waals surface area (Å²) in [4.78, 5) is 9.51. The van der Waals surface area contributed by atoms with Crippen molar-refractivity contribution in [3.05, 3.63) is 29.1 Å². The van der Waals surface area contributed by atoms with Crippen LogP contribution in [0.3, 0.4) is 0 Å². The maximum absolute atomic E-state index is 11.3. The molecule has 0 aliphatic carbocycles. The highest BCUT2D eigenvalue weighted by molar-refractivity contribution is 7.88. The number of aryl methyl sites for hydroxylation is 4. The zero-order valence-corrected chi connectivity index (χ0v) is 18.6. The Kier molecular flexibility index (Phi) is 6.43. The van der Waals surface area contributed by atoms with Gasteiger partial charge in [0.15, 0.2) is 5.82 Å². The van der Waals surface area contributed by atoms with Gasteiger partial charge >= 0.3 is 0 Å². The van der Waals surface area contributed by atoms with Crippen LogP contribution in [-0.4, -0.2) is 35.8 Å². The minimum Gasteiger partial charge on any atom is -0.382 e. The molecule has 29 heavy (non-hydrogen) atoms. The molecule has 2 aromatic heterocycles. The second kappa shape index (κ2) is 8.67. The Hall–Kier alpha value is -2.19. The summed E-state index contributed by atoms with van der Waals surface area (Å²) in [5, 5.41) is 1.07. The molecule has 0 saturated heterocycles. The largest absolute Gasteiger partial charge is 0.382 e. The standard InChI is InChI=1S/C21H31N5O2S/c1-5-6-9-17-24-19-20(26(17)13-8-7-12-23-29(4,27)28)16-11-10-14(2)15(3)18(16)25-21(19)22/h10-11,23H,5-9,12-13H2,1-4H3,(H2,22,25). The number of anilines is 1. The van der Waals surface area contributed by atoms with E-state index in [4.69, 9.17) is 10.7 Å². The number of sulfonamides is 1. The molecule has 0 radical (unpaired) electrons. The molecule has 0 fully saturated rings. The molecular weight excluding hydrogens is 386 g/mol. The van der Waals surface area contributed by atoms with E-state index in [0.29, 0.717) is 12.4 Å². The van der Waals surface area contributed by atoms with Gasteiger partial charge in [0.2, 0.25) is 10.0 Å². The number of nitrogen functional groups attached to an aromatic ring is 1. The Balaban J connectivity index is 2.03. The molecule has 8 heteroatoms. The minimum absolute atomic E-state index is 0.443. The van der Waals surface area contributed by atoms with Crippen LogP contribution in [0.1, 0.15) is 49.6 Å². The van der Waals surface area contributed by atoms with Crippen molar-refractivity contribution in [3.63, 3.8) is 0 Å². The van der Waals surface area contributed by atoms with Gasteiger partial charge in [-0.05, 0) is 44.2 Å². The number of aromatic nitrogens is 3. The van der Waals surface area contributed by atoms with Crippen molar-refractivity contribution in [1.82, 2.24) is 19.3 Å². The van der Waals surface area contributed by atoms with Crippen LogP contribution in [0.25, 0.3) is 21.9 Å². The predicted molar refractivity (Wildman–Crippen MR) is 120 cm³/mol. The fourth-order valence-corrected chi connectivity index (χ4v) is 4.19. The SMILES string of the molecule is CCCCc1nc2c(N)nc3c(C)c(C)ccc3c2n1CCCCNS(C)(=O)=O. The molecule has 158 valence electrons. The first-order chi connectivity index (χ1) is 13.7. The number of nitrogens with one attached hydrogen (secondary N) is 1. The molecule has 0 saturated carbocycles. The number of fused-ring (bicyclic) bond motifs is 3. The highest BCUT2D eigenvalue weighted by Crippen LogP contribution is 2.32. The lowest BCUT2D eigenvalue weighted by molar-refractivity contribution is 0.565. The summed E-state index contributed by atoms with van der Waals surface area (Å²) in [6.07, 6.45) is 5.83. The number of hydrogen-bond donors (Lipinski definition) is 2. The van der Waals surface area contributed by atoms with Crippen LogP contribution in [0.4, 0.5) is 5.82 Å². The van der Waals surface area contributed by atoms with Crippen LogP contribution in [0.5, 0.6) is 0 Å². The monoisotopic (exact) mass is 417 g/mol. The lowest BCUT2D eigenvalue weighted by atomic mass is 10.0. The molecule has 3 aromatic rings. The van der Waals surface area contributed by atoms with Crippen molar-refractivity contribution >= 4 is 37.8 Å². The number of nitrogens with two attached hydrogens (primary N) is 1. The number of benzene rings is 1. The lowest BCUT2D eigenvalue weighted by Gasteiger charge is -2.12. The zero-order chi connectivity index (χ0) is 21.2. The molecule has 0 amide bonds. The number of rotatable bonds is 9. The second-order valence-electron chi connectivity index (χ2n) is 7.75. The molecule has 3 N–H and O–H groups in total. The van der Waals surface area contributed by atoms with E-state index in [2.05, 4.69) is 47.2 Å². The van der Waals surface area contributed by atoms with E-state index >= 15 is 0 Å². The van der Waals surface area contributed by atoms with Crippen molar-refractivity contribution in [1.29, 1.82) is 0 Å². The van der Waals surface area contributed by atoms with Gasteiger partial charge in [-0.15, -0.1) is 0 Å². The zero-order valence-electron chi connectivity index (χ0n) is 17.7. The van der Waals surface area contributed by atoms with Crippen molar-refractivity contribution in [2.45, 2.75) is 59.4 Å². The Bertz CT molecular complexity index is 1140. The summed E-state index contributed by atoms with van der Waals surface area (Å²) in [5.74, 6) is 1.49. The van der Waals surface area contributed by atoms with E-state index in [-0.39, 0.29) is 0 Å². The summed E-state index contributed by atoms with van der Waals surface area (Å²) >= 11 is 0. The fraction of sp³-hybridized carbons (Fsp3) is 0.524. The smallest absolute Gasteiger partial charge is 0.208 e. The van der Waals surface area contributed by atoms with Crippen LogP contribution < -0.4 is 10.5 Å². The third-order valence-corrected chi connectivity index (χ3v) is 6.13. The molecule has 1 aromatic carbocycles. The van der Waals surface area contributed by atoms with E-state index < -0.39 is 10.0 Å². The number of hydrogen-bond acceptors (Lipinski definition) is 5. The van der Waals surface area contributed by atoms with Gasteiger partial charge < -0.3 is 10.3 Å². The molecule has 2 heterocycles. The highest BCUT2D eigenvalue weighted by atomic mass is 32.2. The number of imidazole rings is 1. The van der Waals surface area contributed by atoms with Gasteiger partial charge in [0, 0.05) is 24.9 Å². The Morgan fingerprint density at radius 3 is 2.55 bits per heavy atom. The van der Waals surface area contributed by atoms with E-state index in [1.807, 2.05) is 0 Å². The quantitative estimate of drug-likeness (QED) is 0.519. The molecular formula is C21H31N5O2S. The Morgan fingerprint density at radius 1 is 1.10 bits per heavy atom. The van der Waals surface area contributed by atoms with Gasteiger partial charge in [-0.25, -0.2) is 23.1 Å². The third-order valence-electron chi connectivity index (χ3n) is 5.41. The summed E-state index contributed by atoms with van der Waals surface area (Å²) < 4.78 is 27.4. The molecule has 3 rings (SSSR count). The van der Waals surface area contributed by atoms with Crippen molar-refractivity contribution < 1.29 is 8.42 Å². The van der Waals surface area contributed by atoms with Gasteiger partial charge in [-0.2, -0.15) is 0 Å². The van der Waals surface area contributed by atoms with Gasteiger partial charge in [-0.3, -0.25) is 0 Å². The van der Waals surface area contributed by atoms with Gasteiger partial charge in [0.25, 0.3) is 0 Å².